The Balaban J connectivity index is 2.41. The van der Waals surface area contributed by atoms with Gasteiger partial charge < -0.3 is 0 Å². The van der Waals surface area contributed by atoms with Gasteiger partial charge in [-0.3, -0.25) is 18.5 Å². The van der Waals surface area contributed by atoms with E-state index in [4.69, 9.17) is 0 Å². The number of anilines is 1. The van der Waals surface area contributed by atoms with E-state index in [1.807, 2.05) is 25.3 Å². The van der Waals surface area contributed by atoms with Crippen LogP contribution in [0.2, 0.25) is 0 Å². The van der Waals surface area contributed by atoms with Gasteiger partial charge in [-0.05, 0) is 20.8 Å². The summed E-state index contributed by atoms with van der Waals surface area (Å²) in [7, 11) is 1.62. The van der Waals surface area contributed by atoms with Gasteiger partial charge in [0.25, 0.3) is 5.56 Å². The fourth-order valence-corrected chi connectivity index (χ4v) is 3.03. The number of imidazole rings is 1. The summed E-state index contributed by atoms with van der Waals surface area (Å²) in [5.41, 5.74) is 1.75. The molecule has 0 saturated carbocycles. The highest BCUT2D eigenvalue weighted by Gasteiger charge is 2.30. The maximum absolute atomic E-state index is 13.0. The van der Waals surface area contributed by atoms with E-state index >= 15 is 0 Å². The normalized spacial score (nSPS) is 16.7. The molecule has 0 aromatic carbocycles. The summed E-state index contributed by atoms with van der Waals surface area (Å²) in [5.74, 6) is 0.541. The van der Waals surface area contributed by atoms with E-state index in [1.165, 1.54) is 15.2 Å². The van der Waals surface area contributed by atoms with Gasteiger partial charge in [-0.1, -0.05) is 18.2 Å². The lowest BCUT2D eigenvalue weighted by Gasteiger charge is -2.29. The Morgan fingerprint density at radius 2 is 2.04 bits per heavy atom. The molecular weight excluding hydrogens is 320 g/mol. The second kappa shape index (κ2) is 5.87. The summed E-state index contributed by atoms with van der Waals surface area (Å²) in [5, 5.41) is 6.30. The second-order valence-electron chi connectivity index (χ2n) is 6.43. The van der Waals surface area contributed by atoms with Crippen LogP contribution < -0.4 is 16.3 Å². The number of rotatable bonds is 4. The van der Waals surface area contributed by atoms with Crippen molar-refractivity contribution in [2.75, 3.05) is 11.6 Å². The average molecular weight is 342 g/mol. The van der Waals surface area contributed by atoms with E-state index < -0.39 is 5.69 Å². The molecule has 1 aliphatic rings. The molecule has 2 aromatic rings. The monoisotopic (exact) mass is 342 g/mol. The van der Waals surface area contributed by atoms with Crippen molar-refractivity contribution < 1.29 is 0 Å². The van der Waals surface area contributed by atoms with Crippen molar-refractivity contribution in [3.8, 4) is 0 Å². The molecule has 0 radical (unpaired) electrons. The lowest BCUT2D eigenvalue weighted by molar-refractivity contribution is 0.636. The Morgan fingerprint density at radius 3 is 2.64 bits per heavy atom. The van der Waals surface area contributed by atoms with E-state index in [-0.39, 0.29) is 18.1 Å². The van der Waals surface area contributed by atoms with Gasteiger partial charge in [-0.15, -0.1) is 6.58 Å². The predicted octanol–water partition coefficient (Wildman–Crippen LogP) is 1.42. The van der Waals surface area contributed by atoms with Crippen LogP contribution in [0.25, 0.3) is 11.2 Å². The molecule has 3 rings (SSSR count). The van der Waals surface area contributed by atoms with Gasteiger partial charge in [0.15, 0.2) is 11.2 Å². The largest absolute Gasteiger partial charge is 0.332 e. The van der Waals surface area contributed by atoms with Gasteiger partial charge in [0.2, 0.25) is 5.95 Å². The van der Waals surface area contributed by atoms with E-state index in [1.54, 1.807) is 12.1 Å². The summed E-state index contributed by atoms with van der Waals surface area (Å²) in [6, 6.07) is -0.135. The summed E-state index contributed by atoms with van der Waals surface area (Å²) in [6.07, 6.45) is 1.53. The van der Waals surface area contributed by atoms with E-state index in [2.05, 4.69) is 23.2 Å². The molecule has 1 atom stereocenters. The van der Waals surface area contributed by atoms with Crippen molar-refractivity contribution in [2.24, 2.45) is 12.1 Å². The minimum atomic E-state index is -0.412. The smallest absolute Gasteiger partial charge is 0.294 e. The zero-order valence-corrected chi connectivity index (χ0v) is 15.0. The number of aryl methyl sites for hydroxylation is 1. The molecule has 0 saturated heterocycles. The number of allylic oxidation sites excluding steroid dienone is 1. The van der Waals surface area contributed by atoms with Gasteiger partial charge in [0.1, 0.15) is 0 Å². The topological polar surface area (TPSA) is 77.4 Å². The van der Waals surface area contributed by atoms with Gasteiger partial charge in [-0.25, -0.2) is 9.80 Å². The third-order valence-corrected chi connectivity index (χ3v) is 4.39. The molecule has 2 aromatic heterocycles. The van der Waals surface area contributed by atoms with Gasteiger partial charge >= 0.3 is 5.69 Å². The Kier molecular flexibility index (Phi) is 3.98. The summed E-state index contributed by atoms with van der Waals surface area (Å²) >= 11 is 0. The highest BCUT2D eigenvalue weighted by Crippen LogP contribution is 2.29. The molecule has 0 amide bonds. The van der Waals surface area contributed by atoms with Crippen molar-refractivity contribution in [1.29, 1.82) is 0 Å². The van der Waals surface area contributed by atoms with Crippen molar-refractivity contribution in [1.82, 2.24) is 18.7 Å². The summed E-state index contributed by atoms with van der Waals surface area (Å²) in [6.45, 7) is 14.0. The van der Waals surface area contributed by atoms with Gasteiger partial charge in [-0.2, -0.15) is 10.1 Å². The molecule has 0 fully saturated rings. The molecule has 0 N–H and O–H groups in total. The Hall–Kier alpha value is -2.90. The Labute approximate surface area is 145 Å². The molecule has 0 aliphatic carbocycles. The first-order chi connectivity index (χ1) is 11.8. The molecule has 8 heteroatoms. The van der Waals surface area contributed by atoms with Crippen molar-refractivity contribution in [3.63, 3.8) is 0 Å². The second-order valence-corrected chi connectivity index (χ2v) is 6.43. The predicted molar refractivity (Wildman–Crippen MR) is 99.4 cm³/mol. The standard InChI is InChI=1S/C17H22N6O2/c1-7-8-21-15(24)13-14(20(6)17(21)25)18-16-22(9-10(2)3)19-11(4)12(5)23(13)16/h7,12H,1-2,8-9H2,3-6H3/t12-/m1/s1. The zero-order valence-electron chi connectivity index (χ0n) is 15.0. The molecular formula is C17H22N6O2. The van der Waals surface area contributed by atoms with Crippen molar-refractivity contribution in [2.45, 2.75) is 33.4 Å². The lowest BCUT2D eigenvalue weighted by Crippen LogP contribution is -2.40. The first kappa shape index (κ1) is 16.9. The molecule has 1 aliphatic heterocycles. The van der Waals surface area contributed by atoms with Crippen LogP contribution in [0.4, 0.5) is 5.95 Å². The minimum Gasteiger partial charge on any atom is -0.294 e. The van der Waals surface area contributed by atoms with Crippen molar-refractivity contribution in [3.05, 3.63) is 45.6 Å². The fraction of sp³-hybridized carbons (Fsp3) is 0.412. The molecule has 3 heterocycles. The number of hydrogen-bond acceptors (Lipinski definition) is 5. The maximum atomic E-state index is 13.0. The van der Waals surface area contributed by atoms with Gasteiger partial charge in [0.05, 0.1) is 18.3 Å². The molecule has 8 nitrogen and oxygen atoms in total. The molecule has 0 unspecified atom stereocenters. The molecule has 25 heavy (non-hydrogen) atoms. The molecule has 0 bridgehead atoms. The summed E-state index contributed by atoms with van der Waals surface area (Å²) in [4.78, 5) is 30.0. The zero-order chi connectivity index (χ0) is 18.5. The number of fused-ring (bicyclic) bond motifs is 3. The van der Waals surface area contributed by atoms with Crippen LogP contribution >= 0.6 is 0 Å². The third-order valence-electron chi connectivity index (χ3n) is 4.39. The van der Waals surface area contributed by atoms with Crippen LogP contribution in [-0.2, 0) is 13.6 Å². The highest BCUT2D eigenvalue weighted by atomic mass is 16.2. The van der Waals surface area contributed by atoms with Gasteiger partial charge in [0, 0.05) is 13.6 Å². The minimum absolute atomic E-state index is 0.135. The number of hydrazone groups is 1. The van der Waals surface area contributed by atoms with Crippen LogP contribution in [0.15, 0.2) is 39.5 Å². The Morgan fingerprint density at radius 1 is 1.36 bits per heavy atom. The quantitative estimate of drug-likeness (QED) is 0.787. The van der Waals surface area contributed by atoms with E-state index in [0.717, 1.165) is 11.3 Å². The fourth-order valence-electron chi connectivity index (χ4n) is 3.03. The van der Waals surface area contributed by atoms with Crippen LogP contribution in [0.5, 0.6) is 0 Å². The van der Waals surface area contributed by atoms with Crippen LogP contribution in [0, 0.1) is 0 Å². The SMILES string of the molecule is C=CCn1c(=O)c2c(nc3n2[C@H](C)C(C)=NN3CC(=C)C)n(C)c1=O. The first-order valence-corrected chi connectivity index (χ1v) is 8.07. The first-order valence-electron chi connectivity index (χ1n) is 8.07. The number of nitrogens with zero attached hydrogens (tertiary/aromatic N) is 6. The van der Waals surface area contributed by atoms with Crippen molar-refractivity contribution >= 4 is 22.8 Å². The molecule has 0 spiro atoms. The summed E-state index contributed by atoms with van der Waals surface area (Å²) < 4.78 is 4.41. The molecule has 132 valence electrons. The van der Waals surface area contributed by atoms with E-state index in [9.17, 15) is 9.59 Å². The third kappa shape index (κ3) is 2.45. The lowest BCUT2D eigenvalue weighted by atomic mass is 10.2. The average Bonchev–Trinajstić information content (AvgIpc) is 2.95. The highest BCUT2D eigenvalue weighted by molar-refractivity contribution is 5.91. The van der Waals surface area contributed by atoms with Crippen LogP contribution in [-0.4, -0.2) is 30.9 Å². The number of hydrogen-bond donors (Lipinski definition) is 0. The van der Waals surface area contributed by atoms with E-state index in [0.29, 0.717) is 23.7 Å². The van der Waals surface area contributed by atoms with Crippen LogP contribution in [0.1, 0.15) is 26.8 Å². The van der Waals surface area contributed by atoms with Crippen LogP contribution in [0.3, 0.4) is 0 Å². The maximum Gasteiger partial charge on any atom is 0.332 e. The number of aromatic nitrogens is 4. The Bertz CT molecular complexity index is 1040.